The number of aromatic nitrogens is 3. The van der Waals surface area contributed by atoms with E-state index in [1.165, 1.54) is 5.52 Å². The molecule has 0 spiro atoms. The number of rotatable bonds is 3. The zero-order chi connectivity index (χ0) is 19.3. The van der Waals surface area contributed by atoms with E-state index < -0.39 is 0 Å². The molecule has 0 atom stereocenters. The van der Waals surface area contributed by atoms with Crippen molar-refractivity contribution in [1.29, 1.82) is 0 Å². The Kier molecular flexibility index (Phi) is 4.07. The fraction of sp³-hybridized carbons (Fsp3) is 0.182. The Bertz CT molecular complexity index is 1220. The van der Waals surface area contributed by atoms with Gasteiger partial charge in [-0.25, -0.2) is 4.98 Å². The van der Waals surface area contributed by atoms with Gasteiger partial charge in [0.1, 0.15) is 6.33 Å². The van der Waals surface area contributed by atoms with E-state index in [-0.39, 0.29) is 5.56 Å². The Hall–Kier alpha value is -2.89. The highest BCUT2D eigenvalue weighted by Gasteiger charge is 2.25. The average molecular weight is 391 g/mol. The van der Waals surface area contributed by atoms with Gasteiger partial charge in [-0.2, -0.15) is 0 Å². The molecule has 1 aliphatic heterocycles. The van der Waals surface area contributed by atoms with E-state index in [1.54, 1.807) is 29.1 Å². The van der Waals surface area contributed by atoms with Gasteiger partial charge in [0.05, 0.1) is 17.4 Å². The van der Waals surface area contributed by atoms with Crippen molar-refractivity contribution in [2.45, 2.75) is 6.04 Å². The maximum Gasteiger partial charge on any atom is 0.258 e. The predicted molar refractivity (Wildman–Crippen MR) is 112 cm³/mol. The molecule has 3 heterocycles. The number of likely N-dealkylation sites (N-methyl/N-ethyl adjacent to an activating group) is 1. The standard InChI is InChI=1S/C22H19ClN4O/c1-25-12-19(13-25)26-9-8-16-10-18(6-7-21(16)26)27-14-24-20(11-22(27)28)15-2-4-17(23)5-3-15/h2-11,14,19H,12-13H2,1H3. The van der Waals surface area contributed by atoms with Crippen LogP contribution in [0.2, 0.25) is 5.02 Å². The number of nitrogens with zero attached hydrogens (tertiary/aromatic N) is 4. The summed E-state index contributed by atoms with van der Waals surface area (Å²) < 4.78 is 3.90. The number of hydrogen-bond donors (Lipinski definition) is 0. The molecule has 28 heavy (non-hydrogen) atoms. The lowest BCUT2D eigenvalue weighted by Crippen LogP contribution is -2.44. The quantitative estimate of drug-likeness (QED) is 0.531. The molecule has 1 aliphatic rings. The summed E-state index contributed by atoms with van der Waals surface area (Å²) in [7, 11) is 2.13. The summed E-state index contributed by atoms with van der Waals surface area (Å²) in [6.07, 6.45) is 3.72. The summed E-state index contributed by atoms with van der Waals surface area (Å²) >= 11 is 5.93. The van der Waals surface area contributed by atoms with Crippen LogP contribution in [-0.2, 0) is 0 Å². The Morgan fingerprint density at radius 1 is 1.04 bits per heavy atom. The summed E-state index contributed by atoms with van der Waals surface area (Å²) in [4.78, 5) is 19.5. The van der Waals surface area contributed by atoms with Gasteiger partial charge in [-0.1, -0.05) is 23.7 Å². The highest BCUT2D eigenvalue weighted by atomic mass is 35.5. The molecule has 0 N–H and O–H groups in total. The third-order valence-electron chi connectivity index (χ3n) is 5.37. The molecule has 0 amide bonds. The van der Waals surface area contributed by atoms with Crippen LogP contribution in [0.5, 0.6) is 0 Å². The van der Waals surface area contributed by atoms with Crippen LogP contribution in [0, 0.1) is 0 Å². The van der Waals surface area contributed by atoms with Crippen molar-refractivity contribution in [3.05, 3.63) is 82.5 Å². The average Bonchev–Trinajstić information content (AvgIpc) is 3.08. The second kappa shape index (κ2) is 6.62. The van der Waals surface area contributed by atoms with E-state index in [0.717, 1.165) is 29.7 Å². The number of benzene rings is 2. The van der Waals surface area contributed by atoms with Gasteiger partial charge in [-0.3, -0.25) is 9.36 Å². The predicted octanol–water partition coefficient (Wildman–Crippen LogP) is 3.99. The molecule has 0 bridgehead atoms. The second-order valence-electron chi connectivity index (χ2n) is 7.33. The first-order valence-electron chi connectivity index (χ1n) is 9.23. The van der Waals surface area contributed by atoms with Gasteiger partial charge in [-0.15, -0.1) is 0 Å². The SMILES string of the molecule is CN1CC(n2ccc3cc(-n4cnc(-c5ccc(Cl)cc5)cc4=O)ccc32)C1. The minimum Gasteiger partial charge on any atom is -0.342 e. The summed E-state index contributed by atoms with van der Waals surface area (Å²) in [5.41, 5.74) is 3.40. The van der Waals surface area contributed by atoms with Gasteiger partial charge in [0.2, 0.25) is 0 Å². The van der Waals surface area contributed by atoms with Crippen molar-refractivity contribution in [2.24, 2.45) is 0 Å². The van der Waals surface area contributed by atoms with E-state index in [4.69, 9.17) is 11.6 Å². The van der Waals surface area contributed by atoms with Crippen molar-refractivity contribution < 1.29 is 0 Å². The van der Waals surface area contributed by atoms with Gasteiger partial charge in [-0.05, 0) is 43.4 Å². The van der Waals surface area contributed by atoms with Crippen molar-refractivity contribution in [2.75, 3.05) is 20.1 Å². The first-order valence-corrected chi connectivity index (χ1v) is 9.60. The van der Waals surface area contributed by atoms with E-state index >= 15 is 0 Å². The third-order valence-corrected chi connectivity index (χ3v) is 5.62. The first kappa shape index (κ1) is 17.2. The molecule has 1 saturated heterocycles. The third kappa shape index (κ3) is 2.93. The van der Waals surface area contributed by atoms with Crippen molar-refractivity contribution in [3.8, 4) is 16.9 Å². The van der Waals surface area contributed by atoms with Crippen LogP contribution in [-0.4, -0.2) is 39.2 Å². The molecule has 5 nitrogen and oxygen atoms in total. The molecule has 0 unspecified atom stereocenters. The van der Waals surface area contributed by atoms with Crippen LogP contribution in [0.25, 0.3) is 27.8 Å². The van der Waals surface area contributed by atoms with Crippen molar-refractivity contribution >= 4 is 22.5 Å². The zero-order valence-corrected chi connectivity index (χ0v) is 16.2. The largest absolute Gasteiger partial charge is 0.342 e. The Morgan fingerprint density at radius 3 is 2.54 bits per heavy atom. The van der Waals surface area contributed by atoms with Crippen LogP contribution >= 0.6 is 11.6 Å². The molecule has 140 valence electrons. The topological polar surface area (TPSA) is 43.1 Å². The second-order valence-corrected chi connectivity index (χ2v) is 7.77. The number of hydrogen-bond acceptors (Lipinski definition) is 3. The maximum atomic E-state index is 12.7. The van der Waals surface area contributed by atoms with Gasteiger partial charge in [0.15, 0.2) is 0 Å². The lowest BCUT2D eigenvalue weighted by atomic mass is 10.1. The van der Waals surface area contributed by atoms with E-state index in [9.17, 15) is 4.79 Å². The van der Waals surface area contributed by atoms with Crippen LogP contribution in [0.3, 0.4) is 0 Å². The highest BCUT2D eigenvalue weighted by molar-refractivity contribution is 6.30. The van der Waals surface area contributed by atoms with E-state index in [0.29, 0.717) is 16.8 Å². The molecule has 2 aromatic carbocycles. The van der Waals surface area contributed by atoms with Crippen LogP contribution in [0.15, 0.2) is 71.9 Å². The molecular weight excluding hydrogens is 372 g/mol. The molecule has 0 saturated carbocycles. The van der Waals surface area contributed by atoms with Crippen LogP contribution < -0.4 is 5.56 Å². The summed E-state index contributed by atoms with van der Waals surface area (Å²) in [5.74, 6) is 0. The molecule has 6 heteroatoms. The molecule has 4 aromatic rings. The molecule has 0 aliphatic carbocycles. The van der Waals surface area contributed by atoms with Crippen LogP contribution in [0.4, 0.5) is 0 Å². The highest BCUT2D eigenvalue weighted by Crippen LogP contribution is 2.27. The fourth-order valence-electron chi connectivity index (χ4n) is 3.83. The monoisotopic (exact) mass is 390 g/mol. The summed E-state index contributed by atoms with van der Waals surface area (Å²) in [6, 6.07) is 17.6. The fourth-order valence-corrected chi connectivity index (χ4v) is 3.96. The molecule has 5 rings (SSSR count). The van der Waals surface area contributed by atoms with Gasteiger partial charge >= 0.3 is 0 Å². The Labute approximate surface area is 167 Å². The summed E-state index contributed by atoms with van der Waals surface area (Å²) in [6.45, 7) is 2.14. The van der Waals surface area contributed by atoms with Gasteiger partial charge in [0, 0.05) is 46.8 Å². The molecule has 2 aromatic heterocycles. The van der Waals surface area contributed by atoms with Crippen molar-refractivity contribution in [1.82, 2.24) is 19.0 Å². The molecule has 1 fully saturated rings. The Morgan fingerprint density at radius 2 is 1.82 bits per heavy atom. The van der Waals surface area contributed by atoms with Crippen molar-refractivity contribution in [3.63, 3.8) is 0 Å². The Balaban J connectivity index is 1.49. The van der Waals surface area contributed by atoms with Gasteiger partial charge < -0.3 is 9.47 Å². The van der Waals surface area contributed by atoms with E-state index in [2.05, 4.69) is 39.8 Å². The smallest absolute Gasteiger partial charge is 0.258 e. The van der Waals surface area contributed by atoms with Gasteiger partial charge in [0.25, 0.3) is 5.56 Å². The van der Waals surface area contributed by atoms with Crippen LogP contribution in [0.1, 0.15) is 6.04 Å². The minimum absolute atomic E-state index is 0.112. The normalized spacial score (nSPS) is 15.1. The zero-order valence-electron chi connectivity index (χ0n) is 15.4. The number of halogens is 1. The summed E-state index contributed by atoms with van der Waals surface area (Å²) in [5, 5.41) is 1.78. The lowest BCUT2D eigenvalue weighted by molar-refractivity contribution is 0.144. The first-order chi connectivity index (χ1) is 13.6. The number of likely N-dealkylation sites (tertiary alicyclic amines) is 1. The lowest BCUT2D eigenvalue weighted by Gasteiger charge is -2.37. The molecule has 0 radical (unpaired) electrons. The van der Waals surface area contributed by atoms with E-state index in [1.807, 2.05) is 24.3 Å². The minimum atomic E-state index is -0.112. The maximum absolute atomic E-state index is 12.7. The number of fused-ring (bicyclic) bond motifs is 1. The molecular formula is C22H19ClN4O.